The zero-order chi connectivity index (χ0) is 19.8. The summed E-state index contributed by atoms with van der Waals surface area (Å²) in [7, 11) is 0. The fourth-order valence-corrected chi connectivity index (χ4v) is 4.13. The van der Waals surface area contributed by atoms with Crippen molar-refractivity contribution in [2.45, 2.75) is 6.92 Å². The minimum Gasteiger partial charge on any atom is -0.378 e. The summed E-state index contributed by atoms with van der Waals surface area (Å²) in [5.74, 6) is 1.53. The first-order chi connectivity index (χ1) is 14.2. The third-order valence-corrected chi connectivity index (χ3v) is 5.66. The van der Waals surface area contributed by atoms with E-state index in [4.69, 9.17) is 14.7 Å². The first-order valence-electron chi connectivity index (χ1n) is 10.1. The minimum absolute atomic E-state index is 0.166. The van der Waals surface area contributed by atoms with E-state index < -0.39 is 0 Å². The number of benzene rings is 1. The lowest BCUT2D eigenvalue weighted by atomic mass is 10.2. The van der Waals surface area contributed by atoms with Gasteiger partial charge in [0.2, 0.25) is 5.95 Å². The molecular weight excluding hydrogens is 371 g/mol. The summed E-state index contributed by atoms with van der Waals surface area (Å²) < 4.78 is 19.6. The number of hydrogen-bond donors (Lipinski definition) is 1. The van der Waals surface area contributed by atoms with Crippen LogP contribution in [-0.2, 0) is 4.74 Å². The van der Waals surface area contributed by atoms with Gasteiger partial charge in [-0.1, -0.05) is 12.1 Å². The third kappa shape index (κ3) is 3.48. The van der Waals surface area contributed by atoms with E-state index in [-0.39, 0.29) is 5.82 Å². The Morgan fingerprint density at radius 2 is 1.66 bits per heavy atom. The molecule has 8 heteroatoms. The second-order valence-corrected chi connectivity index (χ2v) is 7.59. The topological polar surface area (TPSA) is 60.5 Å². The molecule has 0 saturated carbocycles. The summed E-state index contributed by atoms with van der Waals surface area (Å²) >= 11 is 0. The molecule has 1 aromatic carbocycles. The largest absolute Gasteiger partial charge is 0.378 e. The zero-order valence-electron chi connectivity index (χ0n) is 16.6. The van der Waals surface area contributed by atoms with Gasteiger partial charge in [0.1, 0.15) is 17.3 Å². The highest BCUT2D eigenvalue weighted by molar-refractivity contribution is 5.89. The van der Waals surface area contributed by atoms with Gasteiger partial charge in [0.25, 0.3) is 0 Å². The number of para-hydroxylation sites is 1. The van der Waals surface area contributed by atoms with Crippen molar-refractivity contribution in [3.8, 4) is 0 Å². The number of halogens is 1. The molecule has 0 aliphatic carbocycles. The summed E-state index contributed by atoms with van der Waals surface area (Å²) in [6, 6.07) is 9.09. The van der Waals surface area contributed by atoms with Gasteiger partial charge in [0.05, 0.1) is 24.3 Å². The summed E-state index contributed by atoms with van der Waals surface area (Å²) in [6.45, 7) is 8.10. The molecule has 2 aliphatic heterocycles. The standard InChI is InChI=1S/C21H25FN6O/c1-15-14-16-19(23-15)24-21(28-10-12-29-13-11-28)25-20(16)27-8-6-26(7-9-27)18-5-3-2-4-17(18)22/h2-5,14H,6-13H2,1H3,(H,23,24,25). The molecule has 2 fully saturated rings. The molecule has 29 heavy (non-hydrogen) atoms. The van der Waals surface area contributed by atoms with Crippen molar-refractivity contribution in [3.05, 3.63) is 41.8 Å². The van der Waals surface area contributed by atoms with Gasteiger partial charge in [-0.15, -0.1) is 0 Å². The van der Waals surface area contributed by atoms with Crippen LogP contribution in [0.2, 0.25) is 0 Å². The average molecular weight is 396 g/mol. The zero-order valence-corrected chi connectivity index (χ0v) is 16.6. The Labute approximate surface area is 169 Å². The van der Waals surface area contributed by atoms with E-state index in [1.165, 1.54) is 6.07 Å². The fourth-order valence-electron chi connectivity index (χ4n) is 4.13. The van der Waals surface area contributed by atoms with Crippen molar-refractivity contribution in [2.24, 2.45) is 0 Å². The number of nitrogens with zero attached hydrogens (tertiary/aromatic N) is 5. The normalized spacial score (nSPS) is 17.9. The number of nitrogens with one attached hydrogen (secondary N) is 1. The van der Waals surface area contributed by atoms with Gasteiger partial charge in [0, 0.05) is 45.0 Å². The molecule has 152 valence electrons. The molecule has 1 N–H and O–H groups in total. The van der Waals surface area contributed by atoms with E-state index >= 15 is 0 Å². The van der Waals surface area contributed by atoms with Crippen molar-refractivity contribution < 1.29 is 9.13 Å². The number of piperazine rings is 1. The second kappa shape index (κ2) is 7.51. The summed E-state index contributed by atoms with van der Waals surface area (Å²) in [4.78, 5) is 19.7. The molecule has 4 heterocycles. The number of ether oxygens (including phenoxy) is 1. The maximum atomic E-state index is 14.2. The molecule has 2 aliphatic rings. The summed E-state index contributed by atoms with van der Waals surface area (Å²) in [6.07, 6.45) is 0. The number of H-pyrrole nitrogens is 1. The number of anilines is 3. The molecule has 0 radical (unpaired) electrons. The molecule has 0 amide bonds. The van der Waals surface area contributed by atoms with Crippen LogP contribution >= 0.6 is 0 Å². The number of hydrogen-bond acceptors (Lipinski definition) is 6. The molecule has 7 nitrogen and oxygen atoms in total. The molecule has 2 aromatic heterocycles. The summed E-state index contributed by atoms with van der Waals surface area (Å²) in [5.41, 5.74) is 2.61. The number of fused-ring (bicyclic) bond motifs is 1. The Hall–Kier alpha value is -2.87. The van der Waals surface area contributed by atoms with E-state index in [9.17, 15) is 4.39 Å². The highest BCUT2D eigenvalue weighted by Gasteiger charge is 2.24. The van der Waals surface area contributed by atoms with Gasteiger partial charge < -0.3 is 24.4 Å². The van der Waals surface area contributed by atoms with Crippen molar-refractivity contribution in [1.29, 1.82) is 0 Å². The number of morpholine rings is 1. The van der Waals surface area contributed by atoms with Gasteiger partial charge in [-0.2, -0.15) is 9.97 Å². The highest BCUT2D eigenvalue weighted by Crippen LogP contribution is 2.29. The Bertz CT molecular complexity index is 1010. The van der Waals surface area contributed by atoms with Crippen molar-refractivity contribution in [3.63, 3.8) is 0 Å². The monoisotopic (exact) mass is 396 g/mol. The van der Waals surface area contributed by atoms with Crippen molar-refractivity contribution in [2.75, 3.05) is 67.2 Å². The molecule has 0 unspecified atom stereocenters. The predicted octanol–water partition coefficient (Wildman–Crippen LogP) is 2.57. The Balaban J connectivity index is 1.43. The van der Waals surface area contributed by atoms with Crippen LogP contribution in [0.25, 0.3) is 11.0 Å². The lowest BCUT2D eigenvalue weighted by Gasteiger charge is -2.37. The second-order valence-electron chi connectivity index (χ2n) is 7.59. The van der Waals surface area contributed by atoms with Crippen LogP contribution in [0.4, 0.5) is 21.8 Å². The van der Waals surface area contributed by atoms with Crippen molar-refractivity contribution in [1.82, 2.24) is 15.0 Å². The SMILES string of the molecule is Cc1cc2c(N3CCN(c4ccccc4F)CC3)nc(N3CCOCC3)nc2[nH]1. The smallest absolute Gasteiger partial charge is 0.229 e. The van der Waals surface area contributed by atoms with Crippen LogP contribution in [0, 0.1) is 12.7 Å². The quantitative estimate of drug-likeness (QED) is 0.734. The minimum atomic E-state index is -0.166. The number of rotatable bonds is 3. The fraction of sp³-hybridized carbons (Fsp3) is 0.429. The van der Waals surface area contributed by atoms with Crippen molar-refractivity contribution >= 4 is 28.5 Å². The molecule has 0 spiro atoms. The van der Waals surface area contributed by atoms with Gasteiger partial charge in [-0.3, -0.25) is 0 Å². The van der Waals surface area contributed by atoms with Gasteiger partial charge in [0.15, 0.2) is 0 Å². The van der Waals surface area contributed by atoms with Crippen LogP contribution < -0.4 is 14.7 Å². The Morgan fingerprint density at radius 3 is 2.41 bits per heavy atom. The van der Waals surface area contributed by atoms with Gasteiger partial charge >= 0.3 is 0 Å². The van der Waals surface area contributed by atoms with Crippen LogP contribution in [0.1, 0.15) is 5.69 Å². The number of aryl methyl sites for hydroxylation is 1. The van der Waals surface area contributed by atoms with E-state index in [0.29, 0.717) is 18.9 Å². The summed E-state index contributed by atoms with van der Waals surface area (Å²) in [5, 5.41) is 1.04. The van der Waals surface area contributed by atoms with E-state index in [2.05, 4.69) is 25.8 Å². The van der Waals surface area contributed by atoms with Crippen LogP contribution in [0.5, 0.6) is 0 Å². The van der Waals surface area contributed by atoms with E-state index in [0.717, 1.165) is 67.8 Å². The lowest BCUT2D eigenvalue weighted by Crippen LogP contribution is -2.47. The average Bonchev–Trinajstić information content (AvgIpc) is 3.14. The van der Waals surface area contributed by atoms with Crippen LogP contribution in [0.3, 0.4) is 0 Å². The molecule has 3 aromatic rings. The Morgan fingerprint density at radius 1 is 0.931 bits per heavy atom. The first-order valence-corrected chi connectivity index (χ1v) is 10.1. The van der Waals surface area contributed by atoms with E-state index in [1.54, 1.807) is 6.07 Å². The maximum Gasteiger partial charge on any atom is 0.229 e. The van der Waals surface area contributed by atoms with Crippen LogP contribution in [0.15, 0.2) is 30.3 Å². The Kier molecular flexibility index (Phi) is 4.71. The molecule has 2 saturated heterocycles. The van der Waals surface area contributed by atoms with E-state index in [1.807, 2.05) is 19.1 Å². The number of aromatic amines is 1. The van der Waals surface area contributed by atoms with Gasteiger partial charge in [-0.05, 0) is 25.1 Å². The lowest BCUT2D eigenvalue weighted by molar-refractivity contribution is 0.122. The first kappa shape index (κ1) is 18.2. The maximum absolute atomic E-state index is 14.2. The van der Waals surface area contributed by atoms with Crippen LogP contribution in [-0.4, -0.2) is 67.4 Å². The number of aromatic nitrogens is 3. The molecule has 0 bridgehead atoms. The third-order valence-electron chi connectivity index (χ3n) is 5.66. The highest BCUT2D eigenvalue weighted by atomic mass is 19.1. The molecule has 0 atom stereocenters. The molecule has 5 rings (SSSR count). The molecular formula is C21H25FN6O. The van der Waals surface area contributed by atoms with Gasteiger partial charge in [-0.25, -0.2) is 4.39 Å². The predicted molar refractivity (Wildman–Crippen MR) is 112 cm³/mol.